The summed E-state index contributed by atoms with van der Waals surface area (Å²) in [5.74, 6) is 0. The van der Waals surface area contributed by atoms with Gasteiger partial charge in [0.05, 0.1) is 0 Å². The van der Waals surface area contributed by atoms with Crippen LogP contribution in [0.2, 0.25) is 0 Å². The minimum Gasteiger partial charge on any atom is -0.338 e. The summed E-state index contributed by atoms with van der Waals surface area (Å²) in [7, 11) is 0. The molecule has 1 aromatic heterocycles. The number of aryl methyl sites for hydroxylation is 3. The fourth-order valence-corrected chi connectivity index (χ4v) is 3.08. The monoisotopic (exact) mass is 325 g/mol. The molecule has 1 aromatic carbocycles. The van der Waals surface area contributed by atoms with Crippen LogP contribution in [0.5, 0.6) is 0 Å². The molecule has 3 rings (SSSR count). The fraction of sp³-hybridized carbons (Fsp3) is 0.368. The van der Waals surface area contributed by atoms with E-state index in [0.717, 1.165) is 31.4 Å². The highest BCUT2D eigenvalue weighted by Crippen LogP contribution is 2.24. The van der Waals surface area contributed by atoms with Crippen LogP contribution in [0.4, 0.5) is 10.5 Å². The number of fused-ring (bicyclic) bond motifs is 1. The van der Waals surface area contributed by atoms with E-state index in [2.05, 4.69) is 22.8 Å². The summed E-state index contributed by atoms with van der Waals surface area (Å²) in [6.45, 7) is 1.27. The van der Waals surface area contributed by atoms with Crippen LogP contribution in [0.15, 0.2) is 47.4 Å². The third kappa shape index (κ3) is 4.25. The first kappa shape index (κ1) is 16.3. The van der Waals surface area contributed by atoms with Gasteiger partial charge in [0, 0.05) is 31.0 Å². The Kier molecular flexibility index (Phi) is 5.31. The molecule has 1 aliphatic carbocycles. The van der Waals surface area contributed by atoms with Gasteiger partial charge in [0.25, 0.3) is 0 Å². The molecule has 24 heavy (non-hydrogen) atoms. The Bertz CT molecular complexity index is 767. The Hall–Kier alpha value is -2.56. The van der Waals surface area contributed by atoms with Crippen molar-refractivity contribution in [2.45, 2.75) is 38.6 Å². The summed E-state index contributed by atoms with van der Waals surface area (Å²) in [6, 6.07) is 11.1. The van der Waals surface area contributed by atoms with Crippen LogP contribution in [-0.2, 0) is 19.4 Å². The number of hydrogen-bond acceptors (Lipinski definition) is 2. The van der Waals surface area contributed by atoms with Crippen LogP contribution in [-0.4, -0.2) is 17.1 Å². The summed E-state index contributed by atoms with van der Waals surface area (Å²) in [5.41, 5.74) is 3.61. The van der Waals surface area contributed by atoms with Crippen molar-refractivity contribution < 1.29 is 4.79 Å². The van der Waals surface area contributed by atoms with Crippen LogP contribution in [0.25, 0.3) is 0 Å². The molecular formula is C19H23N3O2. The first-order chi connectivity index (χ1) is 11.7. The lowest BCUT2D eigenvalue weighted by atomic mass is 10.1. The van der Waals surface area contributed by atoms with Crippen molar-refractivity contribution in [3.05, 3.63) is 64.1 Å². The molecule has 2 amide bonds. The molecule has 0 radical (unpaired) electrons. The molecule has 0 aliphatic heterocycles. The maximum Gasteiger partial charge on any atom is 0.319 e. The zero-order chi connectivity index (χ0) is 16.8. The largest absolute Gasteiger partial charge is 0.338 e. The Labute approximate surface area is 141 Å². The average Bonchev–Trinajstić information content (AvgIpc) is 3.04. The first-order valence-corrected chi connectivity index (χ1v) is 8.54. The molecule has 1 aliphatic rings. The minimum absolute atomic E-state index is 0.0137. The number of nitrogens with one attached hydrogen (secondary N) is 2. The maximum atomic E-state index is 11.9. The van der Waals surface area contributed by atoms with E-state index in [4.69, 9.17) is 0 Å². The topological polar surface area (TPSA) is 63.1 Å². The number of carbonyl (C=O) groups is 1. The number of amides is 2. The van der Waals surface area contributed by atoms with E-state index >= 15 is 0 Å². The van der Waals surface area contributed by atoms with Crippen LogP contribution < -0.4 is 16.2 Å². The zero-order valence-electron chi connectivity index (χ0n) is 13.8. The van der Waals surface area contributed by atoms with Crippen molar-refractivity contribution in [2.75, 3.05) is 11.9 Å². The number of hydrogen-bond donors (Lipinski definition) is 2. The van der Waals surface area contributed by atoms with Gasteiger partial charge >= 0.3 is 6.03 Å². The smallest absolute Gasteiger partial charge is 0.319 e. The van der Waals surface area contributed by atoms with Gasteiger partial charge in [-0.3, -0.25) is 4.79 Å². The van der Waals surface area contributed by atoms with Crippen molar-refractivity contribution in [3.8, 4) is 0 Å². The molecule has 1 heterocycles. The van der Waals surface area contributed by atoms with Crippen LogP contribution in [0, 0.1) is 0 Å². The van der Waals surface area contributed by atoms with Gasteiger partial charge in [-0.05, 0) is 61.4 Å². The number of aromatic nitrogens is 1. The Morgan fingerprint density at radius 2 is 1.96 bits per heavy atom. The van der Waals surface area contributed by atoms with E-state index in [9.17, 15) is 9.59 Å². The van der Waals surface area contributed by atoms with Gasteiger partial charge in [0.2, 0.25) is 5.56 Å². The van der Waals surface area contributed by atoms with Gasteiger partial charge < -0.3 is 15.2 Å². The SMILES string of the molecule is O=C(NCCCCn1ccccc1=O)Nc1ccc2c(c1)CCC2. The van der Waals surface area contributed by atoms with E-state index in [1.54, 1.807) is 22.9 Å². The summed E-state index contributed by atoms with van der Waals surface area (Å²) in [6.07, 6.45) is 6.92. The Morgan fingerprint density at radius 3 is 2.83 bits per heavy atom. The standard InChI is InChI=1S/C19H23N3O2/c23-18-8-1-3-12-22(18)13-4-2-11-20-19(24)21-17-10-9-15-6-5-7-16(15)14-17/h1,3,8-10,12,14H,2,4-7,11,13H2,(H2,20,21,24). The molecule has 0 unspecified atom stereocenters. The molecule has 0 fully saturated rings. The second-order valence-electron chi connectivity index (χ2n) is 6.16. The summed E-state index contributed by atoms with van der Waals surface area (Å²) in [4.78, 5) is 23.5. The van der Waals surface area contributed by atoms with Gasteiger partial charge in [-0.1, -0.05) is 12.1 Å². The molecule has 0 saturated heterocycles. The van der Waals surface area contributed by atoms with Crippen LogP contribution in [0.3, 0.4) is 0 Å². The molecule has 2 N–H and O–H groups in total. The number of rotatable bonds is 6. The number of anilines is 1. The number of urea groups is 1. The lowest BCUT2D eigenvalue weighted by molar-refractivity contribution is 0.252. The van der Waals surface area contributed by atoms with E-state index in [1.807, 2.05) is 12.1 Å². The van der Waals surface area contributed by atoms with Gasteiger partial charge in [0.1, 0.15) is 0 Å². The van der Waals surface area contributed by atoms with Gasteiger partial charge in [0.15, 0.2) is 0 Å². The third-order valence-corrected chi connectivity index (χ3v) is 4.37. The molecule has 2 aromatic rings. The van der Waals surface area contributed by atoms with Crippen LogP contribution >= 0.6 is 0 Å². The molecule has 5 nitrogen and oxygen atoms in total. The maximum absolute atomic E-state index is 11.9. The summed E-state index contributed by atoms with van der Waals surface area (Å²) >= 11 is 0. The molecule has 126 valence electrons. The lowest BCUT2D eigenvalue weighted by Gasteiger charge is -2.09. The van der Waals surface area contributed by atoms with E-state index in [1.165, 1.54) is 17.5 Å². The highest BCUT2D eigenvalue weighted by Gasteiger charge is 2.11. The highest BCUT2D eigenvalue weighted by molar-refractivity contribution is 5.89. The predicted molar refractivity (Wildman–Crippen MR) is 95.4 cm³/mol. The van der Waals surface area contributed by atoms with Crippen molar-refractivity contribution in [1.82, 2.24) is 9.88 Å². The molecule has 5 heteroatoms. The quantitative estimate of drug-likeness (QED) is 0.802. The van der Waals surface area contributed by atoms with Gasteiger partial charge in [-0.2, -0.15) is 0 Å². The summed E-state index contributed by atoms with van der Waals surface area (Å²) in [5, 5.41) is 5.75. The van der Waals surface area contributed by atoms with E-state index in [-0.39, 0.29) is 11.6 Å². The normalized spacial score (nSPS) is 12.7. The Morgan fingerprint density at radius 1 is 1.08 bits per heavy atom. The number of unbranched alkanes of at least 4 members (excludes halogenated alkanes) is 1. The number of benzene rings is 1. The average molecular weight is 325 g/mol. The lowest BCUT2D eigenvalue weighted by Crippen LogP contribution is -2.29. The van der Waals surface area contributed by atoms with Crippen molar-refractivity contribution in [1.29, 1.82) is 0 Å². The molecular weight excluding hydrogens is 302 g/mol. The fourth-order valence-electron chi connectivity index (χ4n) is 3.08. The minimum atomic E-state index is -0.176. The van der Waals surface area contributed by atoms with Gasteiger partial charge in [-0.25, -0.2) is 4.79 Å². The Balaban J connectivity index is 1.37. The second-order valence-corrected chi connectivity index (χ2v) is 6.16. The van der Waals surface area contributed by atoms with Gasteiger partial charge in [-0.15, -0.1) is 0 Å². The predicted octanol–water partition coefficient (Wildman–Crippen LogP) is 2.94. The van der Waals surface area contributed by atoms with Crippen molar-refractivity contribution in [2.24, 2.45) is 0 Å². The summed E-state index contributed by atoms with van der Waals surface area (Å²) < 4.78 is 1.69. The van der Waals surface area contributed by atoms with Crippen molar-refractivity contribution >= 4 is 11.7 Å². The molecule has 0 spiro atoms. The number of nitrogens with zero attached hydrogens (tertiary/aromatic N) is 1. The van der Waals surface area contributed by atoms with E-state index in [0.29, 0.717) is 13.1 Å². The van der Waals surface area contributed by atoms with E-state index < -0.39 is 0 Å². The highest BCUT2D eigenvalue weighted by atomic mass is 16.2. The molecule has 0 saturated carbocycles. The number of pyridine rings is 1. The second kappa shape index (κ2) is 7.81. The third-order valence-electron chi connectivity index (χ3n) is 4.37. The first-order valence-electron chi connectivity index (χ1n) is 8.54. The van der Waals surface area contributed by atoms with Crippen LogP contribution in [0.1, 0.15) is 30.4 Å². The number of carbonyl (C=O) groups excluding carboxylic acids is 1. The molecule has 0 bridgehead atoms. The zero-order valence-corrected chi connectivity index (χ0v) is 13.8. The van der Waals surface area contributed by atoms with Crippen molar-refractivity contribution in [3.63, 3.8) is 0 Å². The molecule has 0 atom stereocenters.